The lowest BCUT2D eigenvalue weighted by atomic mass is 9.78. The van der Waals surface area contributed by atoms with Gasteiger partial charge in [-0.2, -0.15) is 0 Å². The molecule has 0 radical (unpaired) electrons. The van der Waals surface area contributed by atoms with E-state index in [0.29, 0.717) is 33.1 Å². The van der Waals surface area contributed by atoms with Crippen molar-refractivity contribution in [1.82, 2.24) is 19.9 Å². The van der Waals surface area contributed by atoms with E-state index >= 15 is 0 Å². The third-order valence-corrected chi connectivity index (χ3v) is 13.2. The lowest BCUT2D eigenvalue weighted by molar-refractivity contribution is -0.160. The lowest BCUT2D eigenvalue weighted by Crippen LogP contribution is -2.46. The fraction of sp³-hybridized carbons (Fsp3) is 0.360. The summed E-state index contributed by atoms with van der Waals surface area (Å²) in [5.74, 6) is -8.89. The molecule has 3 aliphatic heterocycles. The quantitative estimate of drug-likeness (QED) is 0.0395. The molecule has 9 rings (SSSR count). The Kier molecular flexibility index (Phi) is 12.2. The van der Waals surface area contributed by atoms with E-state index in [1.807, 2.05) is 24.3 Å². The molecule has 2 aromatic heterocycles. The van der Waals surface area contributed by atoms with Crippen LogP contribution in [0.1, 0.15) is 64.4 Å². The normalized spacial score (nSPS) is 28.0. The van der Waals surface area contributed by atoms with Gasteiger partial charge in [-0.25, -0.2) is 15.0 Å². The first kappa shape index (κ1) is 46.4. The van der Waals surface area contributed by atoms with Gasteiger partial charge in [-0.15, -0.1) is 0 Å². The topological polar surface area (TPSA) is 256 Å². The highest BCUT2D eigenvalue weighted by Crippen LogP contribution is 2.57. The molecule has 5 heterocycles. The van der Waals surface area contributed by atoms with Crippen molar-refractivity contribution in [2.45, 2.75) is 85.6 Å². The minimum absolute atomic E-state index is 0.0205. The summed E-state index contributed by atoms with van der Waals surface area (Å²) in [5.41, 5.74) is 2.60. The molecule has 6 aromatic rings. The number of hydrogen-bond donors (Lipinski definition) is 7. The molecule has 7 N–H and O–H groups in total. The van der Waals surface area contributed by atoms with Crippen molar-refractivity contribution in [3.8, 4) is 34.4 Å². The number of ketones is 1. The molecule has 4 aromatic carbocycles. The highest BCUT2D eigenvalue weighted by molar-refractivity contribution is 6.24. The second kappa shape index (κ2) is 17.6. The molecule has 0 unspecified atom stereocenters. The fourth-order valence-electron chi connectivity index (χ4n) is 9.20. The number of H-pyrrole nitrogens is 1. The number of allylic oxidation sites excluding steroid dienone is 2. The summed E-state index contributed by atoms with van der Waals surface area (Å²) in [6.07, 6.45) is 3.40. The van der Waals surface area contributed by atoms with Gasteiger partial charge in [-0.3, -0.25) is 14.4 Å². The van der Waals surface area contributed by atoms with E-state index in [1.54, 1.807) is 52.0 Å². The monoisotopic (exact) mass is 915 g/mol. The molecule has 0 saturated carbocycles. The van der Waals surface area contributed by atoms with Crippen LogP contribution in [0.25, 0.3) is 55.3 Å². The zero-order valence-electron chi connectivity index (χ0n) is 38.4. The number of nitrogens with one attached hydrogen (secondary N) is 2. The Hall–Kier alpha value is -7.08. The maximum absolute atomic E-state index is 14.7. The van der Waals surface area contributed by atoms with Crippen LogP contribution in [0.5, 0.6) is 23.0 Å². The number of anilines is 1. The van der Waals surface area contributed by atoms with Crippen molar-refractivity contribution < 1.29 is 58.9 Å². The van der Waals surface area contributed by atoms with E-state index in [0.717, 1.165) is 0 Å². The molecule has 17 heteroatoms. The Labute approximate surface area is 384 Å². The molecule has 0 fully saturated rings. The Morgan fingerprint density at radius 2 is 1.48 bits per heavy atom. The van der Waals surface area contributed by atoms with Crippen molar-refractivity contribution in [3.63, 3.8) is 0 Å². The van der Waals surface area contributed by atoms with E-state index in [2.05, 4.69) is 10.3 Å². The molecular formula is C50H53N5O12. The molecule has 0 aliphatic carbocycles. The molecular weight excluding hydrogens is 863 g/mol. The molecule has 3 aliphatic rings. The molecule has 0 spiro atoms. The summed E-state index contributed by atoms with van der Waals surface area (Å²) >= 11 is 0. The number of carbonyl (C=O) groups is 3. The number of aromatic hydroxyl groups is 3. The summed E-state index contributed by atoms with van der Waals surface area (Å²) in [6, 6.07) is 10.8. The van der Waals surface area contributed by atoms with Gasteiger partial charge >= 0.3 is 11.8 Å². The van der Waals surface area contributed by atoms with E-state index in [4.69, 9.17) is 33.9 Å². The Bertz CT molecular complexity index is 3030. The average Bonchev–Trinajstić information content (AvgIpc) is 3.82. The number of rotatable bonds is 3. The Morgan fingerprint density at radius 1 is 0.806 bits per heavy atom. The van der Waals surface area contributed by atoms with Gasteiger partial charge in [0, 0.05) is 61.2 Å². The highest BCUT2D eigenvalue weighted by atomic mass is 16.7. The van der Waals surface area contributed by atoms with Crippen LogP contribution in [0.4, 0.5) is 5.69 Å². The standard InChI is InChI=1S/C50H53N5O12/c1-21-13-12-14-22(2)49(63)55-39-38(48-53-32-19-30-31(20-33(32)54-48)52-29-16-11-10-15-28(29)51-30)43(60)35-36(44(39)61)42(59)26(6)46-37(35)47(62)50(8,67-46)65-18-17-34(64-9)23(3)45(66-27(7)56)25(5)41(58)24(4)40(21)57/h10-21,23-25,34,40-41,45,57-61H,1-9H3,(H,53,54)(H,55,63)/b13-12+,18-17+,22-14-/t21-,23+,24+,25+,34-,40-,41+,45+,50-/m0/s1. The summed E-state index contributed by atoms with van der Waals surface area (Å²) in [5, 5.41) is 61.7. The SMILES string of the molecule is CO[C@H]1/C=C/O[C@@]2(C)Oc3c(C)c(O)c4c(O)c(c(-c5nc6cc7nc8ccccc8nc7cc6[nH]5)c(O)c4c3C2=O)NC(=O)/C(C)=C\C=C\[C@H](C)[C@H](O)[C@@H](C)[C@@H](O)[C@@H](C)[C@H](OC(C)=O)[C@@H]1C. The number of aromatic amines is 1. The van der Waals surface area contributed by atoms with E-state index in [1.165, 1.54) is 53.2 Å². The lowest BCUT2D eigenvalue weighted by Gasteiger charge is -2.38. The number of para-hydroxylation sites is 2. The van der Waals surface area contributed by atoms with Crippen molar-refractivity contribution in [2.24, 2.45) is 23.7 Å². The van der Waals surface area contributed by atoms with Crippen molar-refractivity contribution >= 4 is 67.2 Å². The fourth-order valence-corrected chi connectivity index (χ4v) is 9.20. The number of esters is 1. The zero-order chi connectivity index (χ0) is 48.4. The van der Waals surface area contributed by atoms with Gasteiger partial charge in [0.25, 0.3) is 11.7 Å². The van der Waals surface area contributed by atoms with E-state index in [9.17, 15) is 39.9 Å². The first-order valence-corrected chi connectivity index (χ1v) is 21.9. The van der Waals surface area contributed by atoms with Gasteiger partial charge in [-0.05, 0) is 44.2 Å². The van der Waals surface area contributed by atoms with Crippen LogP contribution < -0.4 is 10.1 Å². The number of ether oxygens (including phenoxy) is 4. The maximum Gasteiger partial charge on any atom is 0.312 e. The first-order valence-electron chi connectivity index (χ1n) is 21.9. The average molecular weight is 916 g/mol. The van der Waals surface area contributed by atoms with Crippen LogP contribution in [0.3, 0.4) is 0 Å². The number of phenolic OH excluding ortho intramolecular Hbond substituents is 3. The maximum atomic E-state index is 14.7. The summed E-state index contributed by atoms with van der Waals surface area (Å²) in [7, 11) is 1.43. The molecule has 67 heavy (non-hydrogen) atoms. The number of imidazole rings is 1. The number of aromatic nitrogens is 4. The summed E-state index contributed by atoms with van der Waals surface area (Å²) < 4.78 is 23.8. The predicted molar refractivity (Wildman–Crippen MR) is 250 cm³/mol. The number of methoxy groups -OCH3 is 1. The number of nitrogens with zero attached hydrogens (tertiary/aromatic N) is 3. The third kappa shape index (κ3) is 8.06. The number of fused-ring (bicyclic) bond motifs is 17. The summed E-state index contributed by atoms with van der Waals surface area (Å²) in [6.45, 7) is 12.5. The number of aliphatic hydroxyl groups excluding tert-OH is 2. The van der Waals surface area contributed by atoms with E-state index in [-0.39, 0.29) is 50.3 Å². The van der Waals surface area contributed by atoms with Crippen molar-refractivity contribution in [1.29, 1.82) is 0 Å². The first-order chi connectivity index (χ1) is 31.8. The predicted octanol–water partition coefficient (Wildman–Crippen LogP) is 7.39. The van der Waals surface area contributed by atoms with Gasteiger partial charge < -0.3 is 54.8 Å². The van der Waals surface area contributed by atoms with Crippen LogP contribution in [-0.2, 0) is 23.8 Å². The van der Waals surface area contributed by atoms with Gasteiger partial charge in [0.2, 0.25) is 0 Å². The van der Waals surface area contributed by atoms with Gasteiger partial charge in [-0.1, -0.05) is 58.1 Å². The van der Waals surface area contributed by atoms with Crippen molar-refractivity contribution in [2.75, 3.05) is 12.4 Å². The zero-order valence-corrected chi connectivity index (χ0v) is 38.4. The molecule has 350 valence electrons. The molecule has 17 nitrogen and oxygen atoms in total. The largest absolute Gasteiger partial charge is 0.507 e. The number of benzene rings is 4. The van der Waals surface area contributed by atoms with Gasteiger partial charge in [0.15, 0.2) is 5.75 Å². The van der Waals surface area contributed by atoms with E-state index < -0.39 is 88.8 Å². The minimum atomic E-state index is -2.10. The highest BCUT2D eigenvalue weighted by Gasteiger charge is 2.50. The van der Waals surface area contributed by atoms with Gasteiger partial charge in [0.05, 0.1) is 79.9 Å². The molecule has 9 atom stereocenters. The second-order valence-electron chi connectivity index (χ2n) is 17.7. The molecule has 5 bridgehead atoms. The van der Waals surface area contributed by atoms with Crippen LogP contribution in [0.2, 0.25) is 0 Å². The van der Waals surface area contributed by atoms with Crippen LogP contribution in [0, 0.1) is 30.6 Å². The van der Waals surface area contributed by atoms with Crippen LogP contribution in [-0.4, -0.2) is 100 Å². The van der Waals surface area contributed by atoms with Crippen LogP contribution in [0.15, 0.2) is 72.5 Å². The number of amides is 1. The van der Waals surface area contributed by atoms with Gasteiger partial charge in [0.1, 0.15) is 29.2 Å². The number of phenols is 3. The summed E-state index contributed by atoms with van der Waals surface area (Å²) in [4.78, 5) is 58.7. The van der Waals surface area contributed by atoms with Crippen molar-refractivity contribution in [3.05, 3.63) is 83.7 Å². The molecule has 1 amide bonds. The Morgan fingerprint density at radius 3 is 2.13 bits per heavy atom. The van der Waals surface area contributed by atoms with Crippen LogP contribution >= 0.6 is 0 Å². The minimum Gasteiger partial charge on any atom is -0.507 e. The molecule has 0 saturated heterocycles. The third-order valence-electron chi connectivity index (χ3n) is 13.2. The number of aliphatic hydroxyl groups is 2. The Balaban J connectivity index is 1.33. The number of hydrogen-bond acceptors (Lipinski definition) is 15. The smallest absolute Gasteiger partial charge is 0.312 e. The number of Topliss-reactive ketones (excluding diaryl/α,β-unsaturated/α-hetero) is 1. The number of carbonyl (C=O) groups excluding carboxylic acids is 3. The second-order valence-corrected chi connectivity index (χ2v) is 17.7.